The maximum absolute atomic E-state index is 10.5. The zero-order valence-corrected chi connectivity index (χ0v) is 11.7. The number of rotatable bonds is 5. The van der Waals surface area contributed by atoms with Gasteiger partial charge in [-0.3, -0.25) is 0 Å². The first-order chi connectivity index (χ1) is 7.70. The first kappa shape index (κ1) is 12.2. The lowest BCUT2D eigenvalue weighted by atomic mass is 9.99. The third kappa shape index (κ3) is 3.11. The van der Waals surface area contributed by atoms with Gasteiger partial charge in [0, 0.05) is 21.0 Å². The lowest BCUT2D eigenvalue weighted by Crippen LogP contribution is -1.94. The van der Waals surface area contributed by atoms with E-state index in [-0.39, 0.29) is 0 Å². The standard InChI is InChI=1S/C13H15BrOS/c1-9(6-7-15)10-2-5-13(12(14)8-10)16-11-3-4-11/h2,5,7-9,11H,3-4,6H2,1H3. The van der Waals surface area contributed by atoms with Gasteiger partial charge in [0.25, 0.3) is 0 Å². The van der Waals surface area contributed by atoms with E-state index in [2.05, 4.69) is 41.1 Å². The van der Waals surface area contributed by atoms with E-state index in [1.165, 1.54) is 27.8 Å². The van der Waals surface area contributed by atoms with Crippen molar-refractivity contribution in [2.75, 3.05) is 0 Å². The normalized spacial score (nSPS) is 17.1. The van der Waals surface area contributed by atoms with Gasteiger partial charge in [0.05, 0.1) is 0 Å². The van der Waals surface area contributed by atoms with E-state index in [0.717, 1.165) is 11.5 Å². The fourth-order valence-corrected chi connectivity index (χ4v) is 3.29. The summed E-state index contributed by atoms with van der Waals surface area (Å²) in [4.78, 5) is 11.8. The fraction of sp³-hybridized carbons (Fsp3) is 0.462. The monoisotopic (exact) mass is 298 g/mol. The number of benzene rings is 1. The van der Waals surface area contributed by atoms with Crippen LogP contribution < -0.4 is 0 Å². The van der Waals surface area contributed by atoms with Crippen LogP contribution in [0.2, 0.25) is 0 Å². The van der Waals surface area contributed by atoms with Gasteiger partial charge < -0.3 is 4.79 Å². The van der Waals surface area contributed by atoms with Gasteiger partial charge in [0.2, 0.25) is 0 Å². The van der Waals surface area contributed by atoms with Crippen molar-refractivity contribution in [3.63, 3.8) is 0 Å². The van der Waals surface area contributed by atoms with E-state index < -0.39 is 0 Å². The Labute approximate surface area is 109 Å². The van der Waals surface area contributed by atoms with Crippen LogP contribution >= 0.6 is 27.7 Å². The van der Waals surface area contributed by atoms with Crippen molar-refractivity contribution in [1.29, 1.82) is 0 Å². The molecule has 0 radical (unpaired) electrons. The van der Waals surface area contributed by atoms with E-state index in [1.54, 1.807) is 0 Å². The molecule has 16 heavy (non-hydrogen) atoms. The number of carbonyl (C=O) groups is 1. The van der Waals surface area contributed by atoms with Crippen LogP contribution in [0.5, 0.6) is 0 Å². The summed E-state index contributed by atoms with van der Waals surface area (Å²) in [6.07, 6.45) is 4.29. The van der Waals surface area contributed by atoms with E-state index in [9.17, 15) is 4.79 Å². The summed E-state index contributed by atoms with van der Waals surface area (Å²) in [5.41, 5.74) is 1.24. The molecule has 3 heteroatoms. The second kappa shape index (κ2) is 5.37. The van der Waals surface area contributed by atoms with E-state index in [1.807, 2.05) is 11.8 Å². The fourth-order valence-electron chi connectivity index (χ4n) is 1.57. The Bertz CT molecular complexity index is 388. The molecule has 1 fully saturated rings. The maximum atomic E-state index is 10.5. The molecule has 1 saturated carbocycles. The Balaban J connectivity index is 2.10. The predicted molar refractivity (Wildman–Crippen MR) is 72.1 cm³/mol. The molecule has 0 heterocycles. The van der Waals surface area contributed by atoms with Crippen LogP contribution in [0, 0.1) is 0 Å². The van der Waals surface area contributed by atoms with Crippen LogP contribution in [-0.2, 0) is 4.79 Å². The predicted octanol–water partition coefficient (Wildman–Crippen LogP) is 4.40. The zero-order chi connectivity index (χ0) is 11.5. The van der Waals surface area contributed by atoms with Gasteiger partial charge in [-0.25, -0.2) is 0 Å². The third-order valence-corrected chi connectivity index (χ3v) is 5.13. The van der Waals surface area contributed by atoms with E-state index >= 15 is 0 Å². The molecular weight excluding hydrogens is 284 g/mol. The highest BCUT2D eigenvalue weighted by molar-refractivity contribution is 9.10. The number of aldehydes is 1. The van der Waals surface area contributed by atoms with Crippen LogP contribution in [0.4, 0.5) is 0 Å². The van der Waals surface area contributed by atoms with Gasteiger partial charge >= 0.3 is 0 Å². The highest BCUT2D eigenvalue weighted by Crippen LogP contribution is 2.42. The minimum Gasteiger partial charge on any atom is -0.303 e. The molecule has 0 aromatic heterocycles. The average molecular weight is 299 g/mol. The summed E-state index contributed by atoms with van der Waals surface area (Å²) < 4.78 is 1.17. The number of hydrogen-bond acceptors (Lipinski definition) is 2. The Morgan fingerprint density at radius 2 is 2.31 bits per heavy atom. The average Bonchev–Trinajstić information content (AvgIpc) is 3.05. The Morgan fingerprint density at radius 1 is 1.56 bits per heavy atom. The van der Waals surface area contributed by atoms with E-state index in [0.29, 0.717) is 12.3 Å². The van der Waals surface area contributed by atoms with Crippen molar-refractivity contribution in [2.24, 2.45) is 0 Å². The van der Waals surface area contributed by atoms with Gasteiger partial charge in [0.15, 0.2) is 0 Å². The Kier molecular flexibility index (Phi) is 4.09. The number of halogens is 1. The second-order valence-corrected chi connectivity index (χ2v) is 6.51. The molecule has 1 atom stereocenters. The molecule has 0 aliphatic heterocycles. The summed E-state index contributed by atoms with van der Waals surface area (Å²) in [5.74, 6) is 0.314. The molecule has 0 bridgehead atoms. The van der Waals surface area contributed by atoms with Crippen LogP contribution in [0.1, 0.15) is 37.7 Å². The number of thioether (sulfide) groups is 1. The van der Waals surface area contributed by atoms with Crippen LogP contribution in [-0.4, -0.2) is 11.5 Å². The third-order valence-electron chi connectivity index (χ3n) is 2.79. The van der Waals surface area contributed by atoms with E-state index in [4.69, 9.17) is 0 Å². The summed E-state index contributed by atoms with van der Waals surface area (Å²) in [7, 11) is 0. The van der Waals surface area contributed by atoms with Crippen molar-refractivity contribution >= 4 is 34.0 Å². The highest BCUT2D eigenvalue weighted by atomic mass is 79.9. The van der Waals surface area contributed by atoms with Crippen LogP contribution in [0.3, 0.4) is 0 Å². The number of hydrogen-bond donors (Lipinski definition) is 0. The maximum Gasteiger partial charge on any atom is 0.120 e. The van der Waals surface area contributed by atoms with Gasteiger partial charge in [0.1, 0.15) is 6.29 Å². The number of carbonyl (C=O) groups excluding carboxylic acids is 1. The molecular formula is C13H15BrOS. The van der Waals surface area contributed by atoms with Crippen molar-refractivity contribution in [3.05, 3.63) is 28.2 Å². The highest BCUT2D eigenvalue weighted by Gasteiger charge is 2.23. The Morgan fingerprint density at radius 3 is 2.88 bits per heavy atom. The van der Waals surface area contributed by atoms with Gasteiger partial charge in [-0.1, -0.05) is 13.0 Å². The summed E-state index contributed by atoms with van der Waals surface area (Å²) >= 11 is 5.57. The minimum absolute atomic E-state index is 0.314. The lowest BCUT2D eigenvalue weighted by molar-refractivity contribution is -0.108. The topological polar surface area (TPSA) is 17.1 Å². The first-order valence-corrected chi connectivity index (χ1v) is 7.27. The van der Waals surface area contributed by atoms with Crippen LogP contribution in [0.15, 0.2) is 27.6 Å². The smallest absolute Gasteiger partial charge is 0.120 e. The first-order valence-electron chi connectivity index (χ1n) is 5.60. The molecule has 1 aliphatic carbocycles. The largest absolute Gasteiger partial charge is 0.303 e. The molecule has 1 unspecified atom stereocenters. The molecule has 2 rings (SSSR count). The van der Waals surface area contributed by atoms with Gasteiger partial charge in [-0.2, -0.15) is 0 Å². The molecule has 0 amide bonds. The van der Waals surface area contributed by atoms with Crippen molar-refractivity contribution in [3.8, 4) is 0 Å². The minimum atomic E-state index is 0.314. The SMILES string of the molecule is CC(CC=O)c1ccc(SC2CC2)c(Br)c1. The molecule has 0 N–H and O–H groups in total. The molecule has 0 saturated heterocycles. The molecule has 1 aromatic rings. The van der Waals surface area contributed by atoms with Crippen molar-refractivity contribution < 1.29 is 4.79 Å². The van der Waals surface area contributed by atoms with Crippen molar-refractivity contribution in [2.45, 2.75) is 42.2 Å². The molecule has 1 aromatic carbocycles. The molecule has 0 spiro atoms. The van der Waals surface area contributed by atoms with Crippen molar-refractivity contribution in [1.82, 2.24) is 0 Å². The Hall–Kier alpha value is -0.280. The lowest BCUT2D eigenvalue weighted by Gasteiger charge is -2.11. The van der Waals surface area contributed by atoms with Gasteiger partial charge in [-0.05, 0) is 52.4 Å². The quantitative estimate of drug-likeness (QED) is 0.750. The molecule has 1 aliphatic rings. The zero-order valence-electron chi connectivity index (χ0n) is 9.28. The summed E-state index contributed by atoms with van der Waals surface area (Å²) in [6.45, 7) is 2.09. The van der Waals surface area contributed by atoms with Crippen LogP contribution in [0.25, 0.3) is 0 Å². The summed E-state index contributed by atoms with van der Waals surface area (Å²) in [6, 6.07) is 6.46. The summed E-state index contributed by atoms with van der Waals surface area (Å²) in [5, 5.41) is 0.828. The molecule has 86 valence electrons. The van der Waals surface area contributed by atoms with Gasteiger partial charge in [-0.15, -0.1) is 11.8 Å². The molecule has 1 nitrogen and oxygen atoms in total. The second-order valence-electron chi connectivity index (χ2n) is 4.31.